The summed E-state index contributed by atoms with van der Waals surface area (Å²) >= 11 is 7.69. The van der Waals surface area contributed by atoms with Crippen LogP contribution in [0, 0.1) is 17.0 Å². The van der Waals surface area contributed by atoms with Gasteiger partial charge in [0.2, 0.25) is 11.8 Å². The zero-order valence-corrected chi connectivity index (χ0v) is 16.7. The molecule has 0 saturated heterocycles. The Labute approximate surface area is 174 Å². The van der Waals surface area contributed by atoms with Crippen molar-refractivity contribution in [3.8, 4) is 17.1 Å². The fourth-order valence-electron chi connectivity index (χ4n) is 2.72. The van der Waals surface area contributed by atoms with Crippen molar-refractivity contribution in [1.29, 1.82) is 0 Å². The highest BCUT2D eigenvalue weighted by Gasteiger charge is 2.14. The van der Waals surface area contributed by atoms with Gasteiger partial charge in [-0.1, -0.05) is 29.4 Å². The smallest absolute Gasteiger partial charge is 0.269 e. The first-order valence-corrected chi connectivity index (χ1v) is 9.88. The lowest BCUT2D eigenvalue weighted by Gasteiger charge is -2.10. The Morgan fingerprint density at radius 2 is 2.00 bits per heavy atom. The van der Waals surface area contributed by atoms with Gasteiger partial charge in [0.25, 0.3) is 5.69 Å². The first kappa shape index (κ1) is 19.2. The number of non-ortho nitro benzene ring substituents is 1. The number of halogens is 1. The Morgan fingerprint density at radius 3 is 2.76 bits per heavy atom. The molecule has 4 rings (SSSR count). The van der Waals surface area contributed by atoms with E-state index in [1.165, 1.54) is 23.9 Å². The van der Waals surface area contributed by atoms with Crippen LogP contribution in [0.2, 0.25) is 5.02 Å². The number of nitro groups is 1. The fraction of sp³-hybridized carbons (Fsp3) is 0.105. The van der Waals surface area contributed by atoms with E-state index >= 15 is 0 Å². The summed E-state index contributed by atoms with van der Waals surface area (Å²) in [6, 6.07) is 11.7. The molecule has 0 aliphatic rings. The lowest BCUT2D eigenvalue weighted by molar-refractivity contribution is -0.384. The third-order valence-electron chi connectivity index (χ3n) is 4.22. The number of imidazole rings is 1. The summed E-state index contributed by atoms with van der Waals surface area (Å²) in [5.41, 5.74) is 2.55. The summed E-state index contributed by atoms with van der Waals surface area (Å²) in [6.45, 7) is 1.96. The molecule has 8 nitrogen and oxygen atoms in total. The number of nitro benzene ring substituents is 1. The van der Waals surface area contributed by atoms with Crippen LogP contribution in [-0.2, 0) is 5.75 Å². The van der Waals surface area contributed by atoms with Crippen LogP contribution < -0.4 is 0 Å². The first-order valence-electron chi connectivity index (χ1n) is 8.52. The highest BCUT2D eigenvalue weighted by Crippen LogP contribution is 2.29. The predicted molar refractivity (Wildman–Crippen MR) is 109 cm³/mol. The molecule has 0 radical (unpaired) electrons. The molecule has 0 saturated carbocycles. The summed E-state index contributed by atoms with van der Waals surface area (Å²) in [4.78, 5) is 14.7. The fourth-order valence-corrected chi connectivity index (χ4v) is 3.69. The molecule has 0 fully saturated rings. The van der Waals surface area contributed by atoms with Crippen LogP contribution in [0.1, 0.15) is 11.5 Å². The van der Waals surface area contributed by atoms with Gasteiger partial charge in [0.05, 0.1) is 16.4 Å². The van der Waals surface area contributed by atoms with Crippen LogP contribution in [0.5, 0.6) is 0 Å². The van der Waals surface area contributed by atoms with Gasteiger partial charge >= 0.3 is 0 Å². The highest BCUT2D eigenvalue weighted by molar-refractivity contribution is 7.98. The monoisotopic (exact) mass is 427 g/mol. The van der Waals surface area contributed by atoms with Gasteiger partial charge < -0.3 is 4.42 Å². The van der Waals surface area contributed by atoms with Crippen molar-refractivity contribution in [1.82, 2.24) is 19.7 Å². The van der Waals surface area contributed by atoms with Gasteiger partial charge in [0.1, 0.15) is 0 Å². The van der Waals surface area contributed by atoms with Crippen molar-refractivity contribution in [2.45, 2.75) is 17.8 Å². The van der Waals surface area contributed by atoms with E-state index in [9.17, 15) is 10.1 Å². The molecule has 0 amide bonds. The lowest BCUT2D eigenvalue weighted by atomic mass is 10.2. The van der Waals surface area contributed by atoms with Gasteiger partial charge in [-0.3, -0.25) is 14.7 Å². The van der Waals surface area contributed by atoms with Crippen molar-refractivity contribution < 1.29 is 9.34 Å². The van der Waals surface area contributed by atoms with Crippen molar-refractivity contribution in [2.75, 3.05) is 0 Å². The van der Waals surface area contributed by atoms with Crippen LogP contribution in [0.25, 0.3) is 17.1 Å². The van der Waals surface area contributed by atoms with E-state index in [-0.39, 0.29) is 5.69 Å². The van der Waals surface area contributed by atoms with E-state index in [1.807, 2.05) is 35.9 Å². The maximum absolute atomic E-state index is 10.8. The van der Waals surface area contributed by atoms with Crippen molar-refractivity contribution in [3.63, 3.8) is 0 Å². The number of aromatic nitrogens is 4. The second kappa shape index (κ2) is 8.06. The summed E-state index contributed by atoms with van der Waals surface area (Å²) in [7, 11) is 0. The van der Waals surface area contributed by atoms with E-state index in [2.05, 4.69) is 15.2 Å². The average molecular weight is 428 g/mol. The summed E-state index contributed by atoms with van der Waals surface area (Å²) in [6.07, 6.45) is 3.59. The Hall–Kier alpha value is -3.17. The zero-order chi connectivity index (χ0) is 20.4. The number of benzene rings is 2. The molecule has 0 bridgehead atoms. The molecule has 0 aliphatic carbocycles. The van der Waals surface area contributed by atoms with Gasteiger partial charge in [-0.05, 0) is 36.8 Å². The van der Waals surface area contributed by atoms with E-state index in [4.69, 9.17) is 16.0 Å². The minimum Gasteiger partial charge on any atom is -0.420 e. The molecule has 2 aromatic heterocycles. The quantitative estimate of drug-likeness (QED) is 0.240. The van der Waals surface area contributed by atoms with Crippen LogP contribution in [-0.4, -0.2) is 24.7 Å². The van der Waals surface area contributed by atoms with E-state index in [0.717, 1.165) is 16.4 Å². The molecule has 29 heavy (non-hydrogen) atoms. The summed E-state index contributed by atoms with van der Waals surface area (Å²) in [5.74, 6) is 1.17. The van der Waals surface area contributed by atoms with Crippen LogP contribution in [0.15, 0.2) is 64.4 Å². The van der Waals surface area contributed by atoms with Crippen LogP contribution in [0.3, 0.4) is 0 Å². The molecule has 0 aliphatic heterocycles. The van der Waals surface area contributed by atoms with Crippen molar-refractivity contribution in [3.05, 3.63) is 81.4 Å². The van der Waals surface area contributed by atoms with Crippen LogP contribution in [0.4, 0.5) is 5.69 Å². The number of nitrogens with zero attached hydrogens (tertiary/aromatic N) is 5. The summed E-state index contributed by atoms with van der Waals surface area (Å²) in [5, 5.41) is 20.3. The Bertz CT molecular complexity index is 1170. The number of rotatable bonds is 6. The van der Waals surface area contributed by atoms with E-state index in [0.29, 0.717) is 28.1 Å². The molecule has 0 unspecified atom stereocenters. The zero-order valence-electron chi connectivity index (χ0n) is 15.2. The molecule has 10 heteroatoms. The van der Waals surface area contributed by atoms with Gasteiger partial charge in [-0.2, -0.15) is 0 Å². The van der Waals surface area contributed by atoms with Gasteiger partial charge in [-0.25, -0.2) is 4.98 Å². The van der Waals surface area contributed by atoms with Gasteiger partial charge in [0.15, 0.2) is 5.16 Å². The molecule has 2 heterocycles. The molecule has 2 aromatic carbocycles. The van der Waals surface area contributed by atoms with Crippen LogP contribution >= 0.6 is 23.4 Å². The number of hydrogen-bond acceptors (Lipinski definition) is 7. The third-order valence-corrected chi connectivity index (χ3v) is 5.58. The van der Waals surface area contributed by atoms with E-state index < -0.39 is 4.92 Å². The highest BCUT2D eigenvalue weighted by atomic mass is 35.5. The molecular weight excluding hydrogens is 414 g/mol. The molecule has 0 spiro atoms. The second-order valence-corrected chi connectivity index (χ2v) is 7.41. The topological polar surface area (TPSA) is 99.9 Å². The second-order valence-electron chi connectivity index (χ2n) is 6.06. The largest absolute Gasteiger partial charge is 0.420 e. The maximum Gasteiger partial charge on any atom is 0.269 e. The molecule has 0 N–H and O–H groups in total. The molecular formula is C19H14ClN5O3S. The molecule has 146 valence electrons. The maximum atomic E-state index is 10.8. The SMILES string of the molecule is Cc1c(Cl)cccc1-n1ccnc1SCc1nnc(-c2ccc([N+](=O)[O-])cc2)o1. The Balaban J connectivity index is 1.49. The lowest BCUT2D eigenvalue weighted by Crippen LogP contribution is -1.98. The molecule has 4 aromatic rings. The Kier molecular flexibility index (Phi) is 5.32. The van der Waals surface area contributed by atoms with Gasteiger partial charge in [0, 0.05) is 35.1 Å². The number of hydrogen-bond donors (Lipinski definition) is 0. The third kappa shape index (κ3) is 4.01. The van der Waals surface area contributed by atoms with E-state index in [1.54, 1.807) is 18.3 Å². The average Bonchev–Trinajstić information content (AvgIpc) is 3.38. The minimum atomic E-state index is -0.455. The molecule has 0 atom stereocenters. The minimum absolute atomic E-state index is 0.00666. The normalized spacial score (nSPS) is 11.0. The standard InChI is InChI=1S/C19H14ClN5O3S/c1-12-15(20)3-2-4-16(12)24-10-9-21-19(24)29-11-17-22-23-18(28-17)13-5-7-14(8-6-13)25(26)27/h2-10H,11H2,1H3. The number of thioether (sulfide) groups is 1. The predicted octanol–water partition coefficient (Wildman–Crippen LogP) is 5.08. The van der Waals surface area contributed by atoms with Crippen molar-refractivity contribution >= 4 is 29.1 Å². The summed E-state index contributed by atoms with van der Waals surface area (Å²) < 4.78 is 7.64. The Morgan fingerprint density at radius 1 is 1.21 bits per heavy atom. The van der Waals surface area contributed by atoms with Crippen molar-refractivity contribution in [2.24, 2.45) is 0 Å². The van der Waals surface area contributed by atoms with Gasteiger partial charge in [-0.15, -0.1) is 10.2 Å². The first-order chi connectivity index (χ1) is 14.0.